The summed E-state index contributed by atoms with van der Waals surface area (Å²) in [7, 11) is -3.85. The van der Waals surface area contributed by atoms with Crippen LogP contribution in [-0.4, -0.2) is 76.2 Å². The van der Waals surface area contributed by atoms with Crippen LogP contribution in [0.4, 0.5) is 0 Å². The molecule has 2 aliphatic heterocycles. The van der Waals surface area contributed by atoms with Crippen LogP contribution in [0.15, 0.2) is 35.2 Å². The Hall–Kier alpha value is -2.01. The fraction of sp³-hybridized carbons (Fsp3) is 0.652. The number of sulfonamides is 1. The van der Waals surface area contributed by atoms with E-state index >= 15 is 0 Å². The zero-order valence-electron chi connectivity index (χ0n) is 19.4. The van der Waals surface area contributed by atoms with Gasteiger partial charge in [-0.05, 0) is 43.7 Å². The number of rotatable bonds is 11. The Morgan fingerprint density at radius 1 is 1.06 bits per heavy atom. The van der Waals surface area contributed by atoms with Crippen molar-refractivity contribution in [3.05, 3.63) is 30.3 Å². The highest BCUT2D eigenvalue weighted by atomic mass is 32.2. The zero-order valence-corrected chi connectivity index (χ0v) is 20.2. The maximum Gasteiger partial charge on any atom is 0.243 e. The van der Waals surface area contributed by atoms with Gasteiger partial charge in [-0.3, -0.25) is 9.59 Å². The monoisotopic (exact) mass is 481 g/mol. The molecule has 2 saturated heterocycles. The Balaban J connectivity index is 1.71. The fourth-order valence-corrected chi connectivity index (χ4v) is 5.24. The van der Waals surface area contributed by atoms with Crippen molar-refractivity contribution in [2.75, 3.05) is 32.8 Å². The number of benzene rings is 1. The highest BCUT2D eigenvalue weighted by Gasteiger charge is 2.35. The highest BCUT2D eigenvalue weighted by Crippen LogP contribution is 2.19. The molecule has 2 aliphatic rings. The molecular formula is C23H35N3O6S. The van der Waals surface area contributed by atoms with Gasteiger partial charge in [-0.1, -0.05) is 32.0 Å². The molecule has 33 heavy (non-hydrogen) atoms. The summed E-state index contributed by atoms with van der Waals surface area (Å²) >= 11 is 0. The first-order valence-corrected chi connectivity index (χ1v) is 13.1. The van der Waals surface area contributed by atoms with Gasteiger partial charge in [0.25, 0.3) is 0 Å². The van der Waals surface area contributed by atoms with Gasteiger partial charge < -0.3 is 19.7 Å². The van der Waals surface area contributed by atoms with Gasteiger partial charge in [-0.15, -0.1) is 0 Å². The van der Waals surface area contributed by atoms with Crippen molar-refractivity contribution in [3.63, 3.8) is 0 Å². The van der Waals surface area contributed by atoms with Crippen molar-refractivity contribution in [3.8, 4) is 0 Å². The van der Waals surface area contributed by atoms with Crippen LogP contribution < -0.4 is 10.0 Å². The van der Waals surface area contributed by atoms with E-state index in [1.54, 1.807) is 18.2 Å². The number of amides is 2. The average molecular weight is 482 g/mol. The van der Waals surface area contributed by atoms with Gasteiger partial charge in [-0.25, -0.2) is 13.1 Å². The summed E-state index contributed by atoms with van der Waals surface area (Å²) in [5.41, 5.74) is 0. The minimum atomic E-state index is -3.85. The van der Waals surface area contributed by atoms with Crippen LogP contribution in [0.25, 0.3) is 0 Å². The average Bonchev–Trinajstić information content (AvgIpc) is 3.50. The number of hydrogen-bond donors (Lipinski definition) is 2. The van der Waals surface area contributed by atoms with Crippen LogP contribution in [0.2, 0.25) is 0 Å². The van der Waals surface area contributed by atoms with Crippen molar-refractivity contribution in [1.29, 1.82) is 0 Å². The molecule has 1 aromatic rings. The largest absolute Gasteiger partial charge is 0.376 e. The second-order valence-corrected chi connectivity index (χ2v) is 10.7. The molecule has 3 rings (SSSR count). The fourth-order valence-electron chi connectivity index (χ4n) is 4.25. The van der Waals surface area contributed by atoms with E-state index in [1.165, 1.54) is 17.0 Å². The van der Waals surface area contributed by atoms with E-state index in [0.717, 1.165) is 25.7 Å². The van der Waals surface area contributed by atoms with Crippen LogP contribution >= 0.6 is 0 Å². The topological polar surface area (TPSA) is 114 Å². The van der Waals surface area contributed by atoms with Crippen LogP contribution in [0.1, 0.15) is 39.5 Å². The van der Waals surface area contributed by atoms with Crippen molar-refractivity contribution in [1.82, 2.24) is 14.9 Å². The van der Waals surface area contributed by atoms with E-state index in [1.807, 2.05) is 13.8 Å². The molecule has 184 valence electrons. The normalized spacial score (nSPS) is 21.8. The van der Waals surface area contributed by atoms with Crippen LogP contribution in [0.3, 0.4) is 0 Å². The molecule has 0 saturated carbocycles. The summed E-state index contributed by atoms with van der Waals surface area (Å²) in [5.74, 6) is -0.903. The zero-order chi connectivity index (χ0) is 23.8. The van der Waals surface area contributed by atoms with Gasteiger partial charge >= 0.3 is 0 Å². The first kappa shape index (κ1) is 25.6. The predicted octanol–water partition coefficient (Wildman–Crippen LogP) is 1.29. The second kappa shape index (κ2) is 11.9. The Labute approximate surface area is 196 Å². The first-order chi connectivity index (χ1) is 15.8. The number of ether oxygens (including phenoxy) is 2. The molecule has 0 aromatic heterocycles. The van der Waals surface area contributed by atoms with Crippen LogP contribution in [0.5, 0.6) is 0 Å². The highest BCUT2D eigenvalue weighted by molar-refractivity contribution is 7.89. The van der Waals surface area contributed by atoms with Crippen molar-refractivity contribution in [2.24, 2.45) is 5.92 Å². The molecular weight excluding hydrogens is 446 g/mol. The smallest absolute Gasteiger partial charge is 0.243 e. The van der Waals surface area contributed by atoms with E-state index in [-0.39, 0.29) is 35.5 Å². The molecule has 9 nitrogen and oxygen atoms in total. The predicted molar refractivity (Wildman–Crippen MR) is 123 cm³/mol. The Bertz CT molecular complexity index is 881. The quantitative estimate of drug-likeness (QED) is 0.492. The van der Waals surface area contributed by atoms with E-state index in [2.05, 4.69) is 10.0 Å². The third kappa shape index (κ3) is 7.23. The number of carbonyl (C=O) groups excluding carboxylic acids is 2. The van der Waals surface area contributed by atoms with E-state index in [9.17, 15) is 18.0 Å². The van der Waals surface area contributed by atoms with Gasteiger partial charge in [0.15, 0.2) is 0 Å². The number of nitrogens with one attached hydrogen (secondary N) is 2. The van der Waals surface area contributed by atoms with Crippen molar-refractivity contribution >= 4 is 21.8 Å². The summed E-state index contributed by atoms with van der Waals surface area (Å²) in [6, 6.07) is 7.14. The molecule has 2 amide bonds. The summed E-state index contributed by atoms with van der Waals surface area (Å²) in [6.45, 7) is 5.25. The molecule has 3 atom stereocenters. The lowest BCUT2D eigenvalue weighted by atomic mass is 10.00. The second-order valence-electron chi connectivity index (χ2n) is 8.89. The standard InChI is InChI=1S/C23H35N3O6S/c1-17(2)22(23(28)24-14-18-8-6-12-31-18)26(16-19-9-7-13-32-19)21(27)15-25-33(29,30)20-10-4-3-5-11-20/h3-5,10-11,17-19,22,25H,6-9,12-16H2,1-2H3,(H,24,28)/t18-,19+,22+/m1/s1. The maximum atomic E-state index is 13.3. The molecule has 0 radical (unpaired) electrons. The van der Waals surface area contributed by atoms with Gasteiger partial charge in [0.1, 0.15) is 6.04 Å². The Kier molecular flexibility index (Phi) is 9.25. The molecule has 0 aliphatic carbocycles. The minimum absolute atomic E-state index is 0.0123. The number of carbonyl (C=O) groups is 2. The summed E-state index contributed by atoms with van der Waals surface area (Å²) in [6.07, 6.45) is 3.37. The van der Waals surface area contributed by atoms with Crippen LogP contribution in [-0.2, 0) is 29.1 Å². The van der Waals surface area contributed by atoms with Gasteiger partial charge in [0.05, 0.1) is 23.6 Å². The summed E-state index contributed by atoms with van der Waals surface area (Å²) in [4.78, 5) is 28.0. The van der Waals surface area contributed by atoms with E-state index < -0.39 is 28.5 Å². The Morgan fingerprint density at radius 3 is 2.27 bits per heavy atom. The van der Waals surface area contributed by atoms with Gasteiger partial charge in [0, 0.05) is 26.3 Å². The Morgan fingerprint density at radius 2 is 1.70 bits per heavy atom. The lowest BCUT2D eigenvalue weighted by molar-refractivity contribution is -0.143. The number of hydrogen-bond acceptors (Lipinski definition) is 6. The van der Waals surface area contributed by atoms with Crippen molar-refractivity contribution in [2.45, 2.75) is 62.7 Å². The van der Waals surface area contributed by atoms with Gasteiger partial charge in [-0.2, -0.15) is 0 Å². The third-order valence-corrected chi connectivity index (χ3v) is 7.39. The minimum Gasteiger partial charge on any atom is -0.376 e. The molecule has 1 aromatic carbocycles. The lowest BCUT2D eigenvalue weighted by Crippen LogP contribution is -2.56. The molecule has 2 heterocycles. The summed E-state index contributed by atoms with van der Waals surface area (Å²) < 4.78 is 38.9. The van der Waals surface area contributed by atoms with Crippen LogP contribution in [0, 0.1) is 5.92 Å². The molecule has 10 heteroatoms. The maximum absolute atomic E-state index is 13.3. The van der Waals surface area contributed by atoms with E-state index in [4.69, 9.17) is 9.47 Å². The first-order valence-electron chi connectivity index (χ1n) is 11.6. The molecule has 0 bridgehead atoms. The molecule has 0 unspecified atom stereocenters. The lowest BCUT2D eigenvalue weighted by Gasteiger charge is -2.35. The number of nitrogens with zero attached hydrogens (tertiary/aromatic N) is 1. The van der Waals surface area contributed by atoms with E-state index in [0.29, 0.717) is 19.8 Å². The molecule has 2 fully saturated rings. The molecule has 0 spiro atoms. The van der Waals surface area contributed by atoms with Gasteiger partial charge in [0.2, 0.25) is 21.8 Å². The third-order valence-electron chi connectivity index (χ3n) is 5.98. The van der Waals surface area contributed by atoms with Crippen molar-refractivity contribution < 1.29 is 27.5 Å². The SMILES string of the molecule is CC(C)[C@@H](C(=O)NC[C@H]1CCCO1)N(C[C@@H]1CCCO1)C(=O)CNS(=O)(=O)c1ccccc1. The molecule has 2 N–H and O–H groups in total. The summed E-state index contributed by atoms with van der Waals surface area (Å²) in [5, 5.41) is 2.93.